The van der Waals surface area contributed by atoms with Crippen molar-refractivity contribution in [3.8, 4) is 0 Å². The Labute approximate surface area is 128 Å². The molecule has 2 rings (SSSR count). The topological polar surface area (TPSA) is 40.5 Å². The summed E-state index contributed by atoms with van der Waals surface area (Å²) in [6.07, 6.45) is 5.84. The molecule has 1 aliphatic rings. The van der Waals surface area contributed by atoms with Crippen LogP contribution in [0.1, 0.15) is 44.6 Å². The highest BCUT2D eigenvalue weighted by molar-refractivity contribution is 5.66. The molecule has 1 heterocycles. The number of carboxylic acid groups (broad SMARTS) is 1. The first-order valence-electron chi connectivity index (χ1n) is 8.15. The van der Waals surface area contributed by atoms with E-state index in [2.05, 4.69) is 42.2 Å². The molecule has 0 amide bonds. The van der Waals surface area contributed by atoms with E-state index in [4.69, 9.17) is 5.11 Å². The van der Waals surface area contributed by atoms with Crippen LogP contribution >= 0.6 is 0 Å². The minimum absolute atomic E-state index is 0.316. The number of likely N-dealkylation sites (tertiary alicyclic amines) is 1. The fraction of sp³-hybridized carbons (Fsp3) is 0.611. The van der Waals surface area contributed by atoms with Crippen molar-refractivity contribution < 1.29 is 9.90 Å². The van der Waals surface area contributed by atoms with Crippen LogP contribution in [0.3, 0.4) is 0 Å². The molecule has 116 valence electrons. The van der Waals surface area contributed by atoms with E-state index >= 15 is 0 Å². The van der Waals surface area contributed by atoms with E-state index in [-0.39, 0.29) is 0 Å². The highest BCUT2D eigenvalue weighted by Crippen LogP contribution is 2.23. The van der Waals surface area contributed by atoms with E-state index < -0.39 is 5.97 Å². The first-order chi connectivity index (χ1) is 10.1. The summed E-state index contributed by atoms with van der Waals surface area (Å²) in [7, 11) is 0. The minimum Gasteiger partial charge on any atom is -0.481 e. The van der Waals surface area contributed by atoms with Gasteiger partial charge in [0.05, 0.1) is 0 Å². The summed E-state index contributed by atoms with van der Waals surface area (Å²) in [6.45, 7) is 4.55. The summed E-state index contributed by atoms with van der Waals surface area (Å²) >= 11 is 0. The molecule has 21 heavy (non-hydrogen) atoms. The molecular weight excluding hydrogens is 262 g/mol. The number of benzene rings is 1. The third-order valence-electron chi connectivity index (χ3n) is 4.63. The summed E-state index contributed by atoms with van der Waals surface area (Å²) < 4.78 is 0. The van der Waals surface area contributed by atoms with Gasteiger partial charge in [0.2, 0.25) is 0 Å². The first-order valence-corrected chi connectivity index (χ1v) is 8.15. The highest BCUT2D eigenvalue weighted by atomic mass is 16.4. The maximum atomic E-state index is 10.7. The standard InChI is InChI=1S/C18H27NO2/c1-15(9-10-16-6-3-2-4-7-16)19-13-5-8-17(14-19)11-12-18(20)21/h2-4,6-7,15,17H,5,8-14H2,1H3,(H,20,21). The van der Waals surface area contributed by atoms with Crippen LogP contribution in [0.15, 0.2) is 30.3 Å². The van der Waals surface area contributed by atoms with Gasteiger partial charge in [-0.3, -0.25) is 4.79 Å². The van der Waals surface area contributed by atoms with Gasteiger partial charge in [-0.1, -0.05) is 30.3 Å². The highest BCUT2D eigenvalue weighted by Gasteiger charge is 2.23. The van der Waals surface area contributed by atoms with Crippen LogP contribution in [-0.2, 0) is 11.2 Å². The molecule has 0 spiro atoms. The Hall–Kier alpha value is -1.35. The molecule has 1 fully saturated rings. The van der Waals surface area contributed by atoms with Crippen molar-refractivity contribution in [2.75, 3.05) is 13.1 Å². The van der Waals surface area contributed by atoms with Gasteiger partial charge in [0.15, 0.2) is 0 Å². The number of carbonyl (C=O) groups is 1. The third kappa shape index (κ3) is 5.50. The average Bonchev–Trinajstić information content (AvgIpc) is 2.52. The van der Waals surface area contributed by atoms with Crippen molar-refractivity contribution in [2.45, 2.75) is 51.5 Å². The molecule has 0 saturated carbocycles. The SMILES string of the molecule is CC(CCc1ccccc1)N1CCCC(CCC(=O)O)C1. The number of carboxylic acids is 1. The van der Waals surface area contributed by atoms with Gasteiger partial charge in [0, 0.05) is 19.0 Å². The average molecular weight is 289 g/mol. The first kappa shape index (κ1) is 16.0. The fourth-order valence-electron chi connectivity index (χ4n) is 3.26. The van der Waals surface area contributed by atoms with Gasteiger partial charge in [-0.05, 0) is 57.1 Å². The zero-order valence-corrected chi connectivity index (χ0v) is 13.0. The maximum Gasteiger partial charge on any atom is 0.303 e. The molecule has 0 aliphatic carbocycles. The van der Waals surface area contributed by atoms with Crippen molar-refractivity contribution in [1.29, 1.82) is 0 Å². The number of aryl methyl sites for hydroxylation is 1. The Balaban J connectivity index is 1.76. The van der Waals surface area contributed by atoms with Crippen molar-refractivity contribution in [3.63, 3.8) is 0 Å². The lowest BCUT2D eigenvalue weighted by atomic mass is 9.92. The molecule has 0 bridgehead atoms. The second-order valence-corrected chi connectivity index (χ2v) is 6.31. The summed E-state index contributed by atoms with van der Waals surface area (Å²) in [4.78, 5) is 13.3. The smallest absolute Gasteiger partial charge is 0.303 e. The predicted octanol–water partition coefficient (Wildman–Crippen LogP) is 3.58. The van der Waals surface area contributed by atoms with Gasteiger partial charge in [-0.2, -0.15) is 0 Å². The summed E-state index contributed by atoms with van der Waals surface area (Å²) in [5.74, 6) is -0.0988. The van der Waals surface area contributed by atoms with Gasteiger partial charge in [-0.15, -0.1) is 0 Å². The predicted molar refractivity (Wildman–Crippen MR) is 85.4 cm³/mol. The number of aliphatic carboxylic acids is 1. The van der Waals surface area contributed by atoms with E-state index in [0.29, 0.717) is 18.4 Å². The molecule has 2 unspecified atom stereocenters. The Bertz CT molecular complexity index is 432. The molecule has 0 aromatic heterocycles. The van der Waals surface area contributed by atoms with E-state index in [9.17, 15) is 4.79 Å². The van der Waals surface area contributed by atoms with Gasteiger partial charge in [-0.25, -0.2) is 0 Å². The van der Waals surface area contributed by atoms with Crippen LogP contribution in [0.25, 0.3) is 0 Å². The molecule has 1 N–H and O–H groups in total. The third-order valence-corrected chi connectivity index (χ3v) is 4.63. The van der Waals surface area contributed by atoms with Gasteiger partial charge >= 0.3 is 5.97 Å². The van der Waals surface area contributed by atoms with Crippen LogP contribution in [0.5, 0.6) is 0 Å². The molecule has 1 aromatic carbocycles. The lowest BCUT2D eigenvalue weighted by Crippen LogP contribution is -2.41. The van der Waals surface area contributed by atoms with Gasteiger partial charge in [0.1, 0.15) is 0 Å². The number of nitrogens with zero attached hydrogens (tertiary/aromatic N) is 1. The Morgan fingerprint density at radius 3 is 2.86 bits per heavy atom. The lowest BCUT2D eigenvalue weighted by molar-refractivity contribution is -0.137. The second kappa shape index (κ2) is 8.18. The lowest BCUT2D eigenvalue weighted by Gasteiger charge is -2.37. The Morgan fingerprint density at radius 2 is 2.14 bits per heavy atom. The number of piperidine rings is 1. The quantitative estimate of drug-likeness (QED) is 0.834. The zero-order chi connectivity index (χ0) is 15.1. The van der Waals surface area contributed by atoms with Crippen LogP contribution in [0.2, 0.25) is 0 Å². The van der Waals surface area contributed by atoms with Gasteiger partial charge in [0.25, 0.3) is 0 Å². The summed E-state index contributed by atoms with van der Waals surface area (Å²) in [5.41, 5.74) is 1.41. The van der Waals surface area contributed by atoms with E-state index in [1.807, 2.05) is 0 Å². The van der Waals surface area contributed by atoms with Crippen LogP contribution in [-0.4, -0.2) is 35.1 Å². The zero-order valence-electron chi connectivity index (χ0n) is 13.0. The molecule has 1 aliphatic heterocycles. The molecule has 1 saturated heterocycles. The van der Waals surface area contributed by atoms with E-state index in [1.165, 1.54) is 31.4 Å². The normalized spacial score (nSPS) is 21.1. The van der Waals surface area contributed by atoms with Crippen molar-refractivity contribution in [1.82, 2.24) is 4.90 Å². The number of rotatable bonds is 7. The number of hydrogen-bond donors (Lipinski definition) is 1. The van der Waals surface area contributed by atoms with Crippen molar-refractivity contribution in [3.05, 3.63) is 35.9 Å². The summed E-state index contributed by atoms with van der Waals surface area (Å²) in [5, 5.41) is 8.82. The van der Waals surface area contributed by atoms with Gasteiger partial charge < -0.3 is 10.0 Å². The van der Waals surface area contributed by atoms with Crippen molar-refractivity contribution in [2.24, 2.45) is 5.92 Å². The monoisotopic (exact) mass is 289 g/mol. The molecular formula is C18H27NO2. The van der Waals surface area contributed by atoms with Crippen molar-refractivity contribution >= 4 is 5.97 Å². The van der Waals surface area contributed by atoms with Crippen LogP contribution < -0.4 is 0 Å². The Morgan fingerprint density at radius 1 is 1.38 bits per heavy atom. The molecule has 2 atom stereocenters. The molecule has 1 aromatic rings. The Kier molecular flexibility index (Phi) is 6.24. The van der Waals surface area contributed by atoms with E-state index in [0.717, 1.165) is 19.4 Å². The maximum absolute atomic E-state index is 10.7. The fourth-order valence-corrected chi connectivity index (χ4v) is 3.26. The largest absolute Gasteiger partial charge is 0.481 e. The second-order valence-electron chi connectivity index (χ2n) is 6.31. The summed E-state index contributed by atoms with van der Waals surface area (Å²) in [6, 6.07) is 11.2. The van der Waals surface area contributed by atoms with Crippen LogP contribution in [0.4, 0.5) is 0 Å². The van der Waals surface area contributed by atoms with Crippen LogP contribution in [0, 0.1) is 5.92 Å². The molecule has 0 radical (unpaired) electrons. The number of hydrogen-bond acceptors (Lipinski definition) is 2. The minimum atomic E-state index is -0.663. The molecule has 3 heteroatoms. The molecule has 3 nitrogen and oxygen atoms in total. The van der Waals surface area contributed by atoms with E-state index in [1.54, 1.807) is 0 Å².